The Labute approximate surface area is 92.6 Å². The maximum Gasteiger partial charge on any atom is 0.337 e. The zero-order valence-corrected chi connectivity index (χ0v) is 9.31. The van der Waals surface area contributed by atoms with Crippen molar-refractivity contribution in [1.29, 1.82) is 0 Å². The van der Waals surface area contributed by atoms with E-state index < -0.39 is 5.97 Å². The Bertz CT molecular complexity index is 338. The van der Waals surface area contributed by atoms with E-state index in [0.717, 1.165) is 3.57 Å². The Morgan fingerprint density at radius 3 is 2.50 bits per heavy atom. The molecule has 1 rings (SSSR count). The summed E-state index contributed by atoms with van der Waals surface area (Å²) in [6, 6.07) is 3.08. The van der Waals surface area contributed by atoms with E-state index in [-0.39, 0.29) is 15.6 Å². The van der Waals surface area contributed by atoms with Gasteiger partial charge in [-0.1, -0.05) is 23.2 Å². The predicted molar refractivity (Wildman–Crippen MR) is 56.1 cm³/mol. The Morgan fingerprint density at radius 2 is 2.00 bits per heavy atom. The summed E-state index contributed by atoms with van der Waals surface area (Å²) in [5.74, 6) is -1.07. The fourth-order valence-electron chi connectivity index (χ4n) is 0.712. The lowest BCUT2D eigenvalue weighted by molar-refractivity contribution is 0.0697. The monoisotopic (exact) mass is 316 g/mol. The summed E-state index contributed by atoms with van der Waals surface area (Å²) in [7, 11) is 0. The number of carbonyl (C=O) groups is 1. The number of halogens is 3. The maximum absolute atomic E-state index is 10.6. The zero-order chi connectivity index (χ0) is 9.30. The Morgan fingerprint density at radius 1 is 1.42 bits per heavy atom. The molecule has 0 heterocycles. The van der Waals surface area contributed by atoms with Crippen molar-refractivity contribution in [3.63, 3.8) is 0 Å². The first kappa shape index (κ1) is 10.1. The third-order valence-electron chi connectivity index (χ3n) is 1.22. The van der Waals surface area contributed by atoms with Gasteiger partial charge in [0.15, 0.2) is 0 Å². The van der Waals surface area contributed by atoms with Crippen LogP contribution in [0.25, 0.3) is 0 Å². The van der Waals surface area contributed by atoms with Crippen molar-refractivity contribution in [3.05, 3.63) is 31.3 Å². The van der Waals surface area contributed by atoms with E-state index in [2.05, 4.69) is 0 Å². The number of hydrogen-bond donors (Lipinski definition) is 1. The number of rotatable bonds is 1. The molecule has 1 aromatic rings. The van der Waals surface area contributed by atoms with Crippen LogP contribution in [-0.4, -0.2) is 11.1 Å². The molecular formula is C7H3Cl2IO2. The van der Waals surface area contributed by atoms with E-state index in [4.69, 9.17) is 28.3 Å². The molecule has 0 aliphatic carbocycles. The minimum atomic E-state index is -1.07. The first-order chi connectivity index (χ1) is 5.52. The average Bonchev–Trinajstić information content (AvgIpc) is 1.96. The van der Waals surface area contributed by atoms with Gasteiger partial charge in [-0.05, 0) is 34.7 Å². The topological polar surface area (TPSA) is 37.3 Å². The Kier molecular flexibility index (Phi) is 3.20. The highest BCUT2D eigenvalue weighted by atomic mass is 127. The van der Waals surface area contributed by atoms with E-state index in [0.29, 0.717) is 0 Å². The Balaban J connectivity index is 3.37. The molecule has 0 amide bonds. The first-order valence-electron chi connectivity index (χ1n) is 2.90. The van der Waals surface area contributed by atoms with Crippen molar-refractivity contribution in [3.8, 4) is 0 Å². The molecule has 0 atom stereocenters. The molecule has 5 heteroatoms. The van der Waals surface area contributed by atoms with E-state index in [1.54, 1.807) is 6.07 Å². The van der Waals surface area contributed by atoms with Crippen molar-refractivity contribution in [2.75, 3.05) is 0 Å². The number of hydrogen-bond acceptors (Lipinski definition) is 1. The molecule has 64 valence electrons. The van der Waals surface area contributed by atoms with Crippen molar-refractivity contribution in [2.45, 2.75) is 0 Å². The molecule has 1 aromatic carbocycles. The van der Waals surface area contributed by atoms with Gasteiger partial charge in [0.1, 0.15) is 0 Å². The van der Waals surface area contributed by atoms with Gasteiger partial charge in [-0.25, -0.2) is 4.79 Å². The largest absolute Gasteiger partial charge is 0.478 e. The first-order valence-corrected chi connectivity index (χ1v) is 4.73. The molecule has 0 aliphatic rings. The Hall–Kier alpha value is -0.000000000000000111. The molecule has 0 saturated heterocycles. The van der Waals surface area contributed by atoms with Gasteiger partial charge in [0.25, 0.3) is 0 Å². The molecule has 0 bridgehead atoms. The summed E-state index contributed by atoms with van der Waals surface area (Å²) in [4.78, 5) is 10.6. The van der Waals surface area contributed by atoms with Crippen molar-refractivity contribution in [2.24, 2.45) is 0 Å². The highest BCUT2D eigenvalue weighted by Crippen LogP contribution is 2.28. The molecular weight excluding hydrogens is 314 g/mol. The lowest BCUT2D eigenvalue weighted by Gasteiger charge is -2.01. The van der Waals surface area contributed by atoms with Gasteiger partial charge in [-0.3, -0.25) is 0 Å². The van der Waals surface area contributed by atoms with E-state index in [1.165, 1.54) is 6.07 Å². The number of benzene rings is 1. The zero-order valence-electron chi connectivity index (χ0n) is 5.64. The van der Waals surface area contributed by atoms with Gasteiger partial charge in [-0.2, -0.15) is 0 Å². The second kappa shape index (κ2) is 3.81. The van der Waals surface area contributed by atoms with Gasteiger partial charge in [-0.15, -0.1) is 0 Å². The van der Waals surface area contributed by atoms with Gasteiger partial charge in [0.2, 0.25) is 0 Å². The quantitative estimate of drug-likeness (QED) is 0.637. The lowest BCUT2D eigenvalue weighted by atomic mass is 10.2. The highest BCUT2D eigenvalue weighted by molar-refractivity contribution is 14.1. The molecule has 2 nitrogen and oxygen atoms in total. The van der Waals surface area contributed by atoms with Gasteiger partial charge >= 0.3 is 5.97 Å². The standard InChI is InChI=1S/C7H3Cl2IO2/c8-5-2-3(10)1-4(6(5)9)7(11)12/h1-2H,(H,11,12). The van der Waals surface area contributed by atoms with Gasteiger partial charge in [0, 0.05) is 3.57 Å². The normalized spacial score (nSPS) is 9.92. The summed E-state index contributed by atoms with van der Waals surface area (Å²) in [5.41, 5.74) is 0.0357. The second-order valence-corrected chi connectivity index (χ2v) is 4.09. The third kappa shape index (κ3) is 2.02. The molecule has 0 aliphatic heterocycles. The third-order valence-corrected chi connectivity index (χ3v) is 2.65. The summed E-state index contributed by atoms with van der Waals surface area (Å²) in [6.07, 6.45) is 0. The van der Waals surface area contributed by atoms with Crippen molar-refractivity contribution in [1.82, 2.24) is 0 Å². The summed E-state index contributed by atoms with van der Waals surface area (Å²) in [5, 5.41) is 9.02. The summed E-state index contributed by atoms with van der Waals surface area (Å²) >= 11 is 13.3. The molecule has 0 aromatic heterocycles. The van der Waals surface area contributed by atoms with Crippen LogP contribution in [-0.2, 0) is 0 Å². The van der Waals surface area contributed by atoms with Crippen LogP contribution in [0.5, 0.6) is 0 Å². The molecule has 0 radical (unpaired) electrons. The maximum atomic E-state index is 10.6. The number of carboxylic acids is 1. The number of aromatic carboxylic acids is 1. The fraction of sp³-hybridized carbons (Fsp3) is 0. The van der Waals surface area contributed by atoms with Crippen molar-refractivity contribution >= 4 is 51.8 Å². The molecule has 0 spiro atoms. The molecule has 12 heavy (non-hydrogen) atoms. The van der Waals surface area contributed by atoms with E-state index in [1.807, 2.05) is 22.6 Å². The molecule has 0 fully saturated rings. The highest BCUT2D eigenvalue weighted by Gasteiger charge is 2.12. The van der Waals surface area contributed by atoms with Crippen LogP contribution in [0.1, 0.15) is 10.4 Å². The lowest BCUT2D eigenvalue weighted by Crippen LogP contribution is -1.98. The smallest absolute Gasteiger partial charge is 0.337 e. The van der Waals surface area contributed by atoms with Crippen LogP contribution >= 0.6 is 45.8 Å². The summed E-state index contributed by atoms with van der Waals surface area (Å²) in [6.45, 7) is 0. The summed E-state index contributed by atoms with van der Waals surface area (Å²) < 4.78 is 0.749. The predicted octanol–water partition coefficient (Wildman–Crippen LogP) is 3.30. The van der Waals surface area contributed by atoms with E-state index in [9.17, 15) is 4.79 Å². The SMILES string of the molecule is O=C(O)c1cc(I)cc(Cl)c1Cl. The van der Waals surface area contributed by atoms with Crippen molar-refractivity contribution < 1.29 is 9.90 Å². The van der Waals surface area contributed by atoms with Crippen LogP contribution in [0.15, 0.2) is 12.1 Å². The van der Waals surface area contributed by atoms with Gasteiger partial charge < -0.3 is 5.11 Å². The average molecular weight is 317 g/mol. The minimum absolute atomic E-state index is 0.0357. The van der Waals surface area contributed by atoms with Crippen LogP contribution in [0.2, 0.25) is 10.0 Å². The van der Waals surface area contributed by atoms with Crippen LogP contribution < -0.4 is 0 Å². The van der Waals surface area contributed by atoms with Crippen LogP contribution in [0.3, 0.4) is 0 Å². The fourth-order valence-corrected chi connectivity index (χ4v) is 1.93. The van der Waals surface area contributed by atoms with Gasteiger partial charge in [0.05, 0.1) is 15.6 Å². The molecule has 1 N–H and O–H groups in total. The van der Waals surface area contributed by atoms with Crippen LogP contribution in [0, 0.1) is 3.57 Å². The number of carboxylic acid groups (broad SMARTS) is 1. The minimum Gasteiger partial charge on any atom is -0.478 e. The molecule has 0 saturated carbocycles. The van der Waals surface area contributed by atoms with E-state index >= 15 is 0 Å². The molecule has 0 unspecified atom stereocenters. The second-order valence-electron chi connectivity index (χ2n) is 2.05. The van der Waals surface area contributed by atoms with Crippen LogP contribution in [0.4, 0.5) is 0 Å².